The Kier molecular flexibility index (Phi) is 4.68. The highest BCUT2D eigenvalue weighted by Gasteiger charge is 2.27. The smallest absolute Gasteiger partial charge is 0.257 e. The van der Waals surface area contributed by atoms with E-state index >= 15 is 0 Å². The Hall–Kier alpha value is -1.85. The molecule has 3 rings (SSSR count). The van der Waals surface area contributed by atoms with Gasteiger partial charge in [0.1, 0.15) is 0 Å². The van der Waals surface area contributed by atoms with E-state index in [-0.39, 0.29) is 11.9 Å². The van der Waals surface area contributed by atoms with Crippen molar-refractivity contribution in [1.82, 2.24) is 14.7 Å². The molecule has 1 aliphatic rings. The molecule has 2 atom stereocenters. The number of nitrogens with two attached hydrogens (primary N) is 1. The van der Waals surface area contributed by atoms with Gasteiger partial charge in [0.25, 0.3) is 5.91 Å². The quantitative estimate of drug-likeness (QED) is 0.940. The highest BCUT2D eigenvalue weighted by Crippen LogP contribution is 2.21. The highest BCUT2D eigenvalue weighted by atomic mass is 35.5. The Morgan fingerprint density at radius 3 is 3.04 bits per heavy atom. The number of hydrogen-bond donors (Lipinski definition) is 1. The summed E-state index contributed by atoms with van der Waals surface area (Å²) in [6.07, 6.45) is 5.45. The van der Waals surface area contributed by atoms with Gasteiger partial charge in [-0.3, -0.25) is 4.79 Å². The van der Waals surface area contributed by atoms with E-state index in [0.717, 1.165) is 31.6 Å². The molecule has 2 heterocycles. The molecule has 1 fully saturated rings. The van der Waals surface area contributed by atoms with Crippen LogP contribution >= 0.6 is 11.6 Å². The van der Waals surface area contributed by atoms with Crippen molar-refractivity contribution in [3.8, 4) is 5.69 Å². The van der Waals surface area contributed by atoms with Gasteiger partial charge in [-0.15, -0.1) is 0 Å². The van der Waals surface area contributed by atoms with Gasteiger partial charge in [-0.2, -0.15) is 5.10 Å². The molecule has 6 heteroatoms. The number of carbonyl (C=O) groups excluding carboxylic acids is 1. The van der Waals surface area contributed by atoms with Crippen LogP contribution in [0.1, 0.15) is 30.1 Å². The standard InChI is InChI=1S/C17H21ClN4O/c1-12(19)13-4-3-7-21(10-13)17(23)14-9-20-22(11-14)16-6-2-5-15(18)8-16/h2,5-6,8-9,11-13H,3-4,7,10,19H2,1H3/t12-,13-/m1/s1. The number of likely N-dealkylation sites (tertiary alicyclic amines) is 1. The van der Waals surface area contributed by atoms with Crippen LogP contribution in [0, 0.1) is 5.92 Å². The summed E-state index contributed by atoms with van der Waals surface area (Å²) in [6.45, 7) is 3.51. The van der Waals surface area contributed by atoms with Gasteiger partial charge in [0, 0.05) is 30.4 Å². The molecule has 2 N–H and O–H groups in total. The lowest BCUT2D eigenvalue weighted by atomic mass is 9.92. The monoisotopic (exact) mass is 332 g/mol. The molecule has 0 aliphatic carbocycles. The summed E-state index contributed by atoms with van der Waals surface area (Å²) in [6, 6.07) is 7.50. The Balaban J connectivity index is 1.76. The van der Waals surface area contributed by atoms with Crippen molar-refractivity contribution in [1.29, 1.82) is 0 Å². The molecule has 1 amide bonds. The van der Waals surface area contributed by atoms with Gasteiger partial charge < -0.3 is 10.6 Å². The van der Waals surface area contributed by atoms with E-state index in [2.05, 4.69) is 5.10 Å². The summed E-state index contributed by atoms with van der Waals surface area (Å²) < 4.78 is 1.67. The molecule has 0 unspecified atom stereocenters. The van der Waals surface area contributed by atoms with E-state index in [1.807, 2.05) is 36.1 Å². The first-order valence-electron chi connectivity index (χ1n) is 7.90. The third kappa shape index (κ3) is 3.57. The van der Waals surface area contributed by atoms with Crippen LogP contribution in [0.4, 0.5) is 0 Å². The minimum atomic E-state index is 0.0172. The SMILES string of the molecule is C[C@@H](N)[C@@H]1CCCN(C(=O)c2cnn(-c3cccc(Cl)c3)c2)C1. The molecular formula is C17H21ClN4O. The van der Waals surface area contributed by atoms with E-state index in [9.17, 15) is 4.79 Å². The Bertz CT molecular complexity index is 697. The molecule has 1 saturated heterocycles. The Morgan fingerprint density at radius 2 is 2.30 bits per heavy atom. The Labute approximate surface area is 141 Å². The number of nitrogens with zero attached hydrogens (tertiary/aromatic N) is 3. The summed E-state index contributed by atoms with van der Waals surface area (Å²) in [5, 5.41) is 4.92. The van der Waals surface area contributed by atoms with Crippen molar-refractivity contribution < 1.29 is 4.79 Å². The maximum atomic E-state index is 12.7. The normalized spacial score (nSPS) is 19.6. The number of hydrogen-bond acceptors (Lipinski definition) is 3. The molecule has 5 nitrogen and oxygen atoms in total. The van der Waals surface area contributed by atoms with Crippen molar-refractivity contribution in [3.05, 3.63) is 47.2 Å². The predicted molar refractivity (Wildman–Crippen MR) is 90.9 cm³/mol. The van der Waals surface area contributed by atoms with Crippen LogP contribution in [0.15, 0.2) is 36.7 Å². The summed E-state index contributed by atoms with van der Waals surface area (Å²) in [4.78, 5) is 14.6. The number of aromatic nitrogens is 2. The van der Waals surface area contributed by atoms with E-state index < -0.39 is 0 Å². The zero-order chi connectivity index (χ0) is 16.4. The van der Waals surface area contributed by atoms with Crippen LogP contribution in [0.5, 0.6) is 0 Å². The van der Waals surface area contributed by atoms with Crippen molar-refractivity contribution in [3.63, 3.8) is 0 Å². The molecule has 2 aromatic rings. The van der Waals surface area contributed by atoms with E-state index in [4.69, 9.17) is 17.3 Å². The molecule has 0 bridgehead atoms. The first kappa shape index (κ1) is 16.0. The molecule has 1 aliphatic heterocycles. The van der Waals surface area contributed by atoms with Crippen LogP contribution < -0.4 is 5.73 Å². The maximum absolute atomic E-state index is 12.7. The van der Waals surface area contributed by atoms with Crippen LogP contribution in [-0.2, 0) is 0 Å². The zero-order valence-corrected chi connectivity index (χ0v) is 13.9. The van der Waals surface area contributed by atoms with E-state index in [1.54, 1.807) is 17.1 Å². The summed E-state index contributed by atoms with van der Waals surface area (Å²) in [5.41, 5.74) is 7.43. The number of rotatable bonds is 3. The fraction of sp³-hybridized carbons (Fsp3) is 0.412. The molecule has 1 aromatic carbocycles. The lowest BCUT2D eigenvalue weighted by Gasteiger charge is -2.34. The second-order valence-corrected chi connectivity index (χ2v) is 6.60. The van der Waals surface area contributed by atoms with E-state index in [1.165, 1.54) is 0 Å². The van der Waals surface area contributed by atoms with Gasteiger partial charge >= 0.3 is 0 Å². The molecule has 23 heavy (non-hydrogen) atoms. The van der Waals surface area contributed by atoms with E-state index in [0.29, 0.717) is 16.5 Å². The number of amides is 1. The van der Waals surface area contributed by atoms with Crippen molar-refractivity contribution in [2.75, 3.05) is 13.1 Å². The lowest BCUT2D eigenvalue weighted by Crippen LogP contribution is -2.45. The Morgan fingerprint density at radius 1 is 1.48 bits per heavy atom. The largest absolute Gasteiger partial charge is 0.338 e. The van der Waals surface area contributed by atoms with Gasteiger partial charge in [-0.25, -0.2) is 4.68 Å². The van der Waals surface area contributed by atoms with Gasteiger partial charge in [0.2, 0.25) is 0 Å². The predicted octanol–water partition coefficient (Wildman–Crippen LogP) is 2.73. The maximum Gasteiger partial charge on any atom is 0.257 e. The van der Waals surface area contributed by atoms with Crippen molar-refractivity contribution in [2.24, 2.45) is 11.7 Å². The average Bonchev–Trinajstić information content (AvgIpc) is 3.04. The minimum Gasteiger partial charge on any atom is -0.338 e. The number of halogens is 1. The van der Waals surface area contributed by atoms with Crippen LogP contribution in [0.25, 0.3) is 5.69 Å². The van der Waals surface area contributed by atoms with Crippen molar-refractivity contribution in [2.45, 2.75) is 25.8 Å². The fourth-order valence-electron chi connectivity index (χ4n) is 3.00. The molecule has 1 aromatic heterocycles. The second kappa shape index (κ2) is 6.72. The third-order valence-electron chi connectivity index (χ3n) is 4.39. The first-order chi connectivity index (χ1) is 11.0. The van der Waals surface area contributed by atoms with Crippen LogP contribution in [0.3, 0.4) is 0 Å². The van der Waals surface area contributed by atoms with Crippen LogP contribution in [0.2, 0.25) is 5.02 Å². The van der Waals surface area contributed by atoms with Gasteiger partial charge in [0.05, 0.1) is 17.4 Å². The molecule has 122 valence electrons. The van der Waals surface area contributed by atoms with Gasteiger partial charge in [-0.05, 0) is 43.9 Å². The highest BCUT2D eigenvalue weighted by molar-refractivity contribution is 6.30. The first-order valence-corrected chi connectivity index (χ1v) is 8.28. The second-order valence-electron chi connectivity index (χ2n) is 6.17. The summed E-state index contributed by atoms with van der Waals surface area (Å²) in [7, 11) is 0. The van der Waals surface area contributed by atoms with Crippen molar-refractivity contribution >= 4 is 17.5 Å². The third-order valence-corrected chi connectivity index (χ3v) is 4.63. The van der Waals surface area contributed by atoms with Crippen LogP contribution in [-0.4, -0.2) is 39.7 Å². The lowest BCUT2D eigenvalue weighted by molar-refractivity contribution is 0.0661. The molecular weight excluding hydrogens is 312 g/mol. The summed E-state index contributed by atoms with van der Waals surface area (Å²) in [5.74, 6) is 0.388. The zero-order valence-electron chi connectivity index (χ0n) is 13.2. The topological polar surface area (TPSA) is 64.2 Å². The molecule has 0 radical (unpaired) electrons. The molecule has 0 spiro atoms. The number of benzene rings is 1. The fourth-order valence-corrected chi connectivity index (χ4v) is 3.18. The molecule has 0 saturated carbocycles. The van der Waals surface area contributed by atoms with Gasteiger partial charge in [0.15, 0.2) is 0 Å². The number of piperidine rings is 1. The average molecular weight is 333 g/mol. The minimum absolute atomic E-state index is 0.0172. The number of carbonyl (C=O) groups is 1. The summed E-state index contributed by atoms with van der Waals surface area (Å²) >= 11 is 6.00. The van der Waals surface area contributed by atoms with Gasteiger partial charge in [-0.1, -0.05) is 17.7 Å².